The number of H-pyrrole nitrogens is 1. The predicted octanol–water partition coefficient (Wildman–Crippen LogP) is 2.59. The zero-order valence-corrected chi connectivity index (χ0v) is 8.25. The number of nitrogens with one attached hydrogen (secondary N) is 2. The summed E-state index contributed by atoms with van der Waals surface area (Å²) in [4.78, 5) is 3.31. The second-order valence-corrected chi connectivity index (χ2v) is 4.15. The largest absolute Gasteiger partial charge is 0.361 e. The molecule has 0 radical (unpaired) electrons. The third-order valence-corrected chi connectivity index (χ3v) is 3.07. The third kappa shape index (κ3) is 1.07. The lowest BCUT2D eigenvalue weighted by Gasteiger charge is -2.34. The summed E-state index contributed by atoms with van der Waals surface area (Å²) in [6, 6.07) is 9.71. The van der Waals surface area contributed by atoms with Crippen LogP contribution in [0.1, 0.15) is 24.9 Å². The molecule has 2 N–H and O–H groups in total. The van der Waals surface area contributed by atoms with E-state index in [0.29, 0.717) is 12.1 Å². The molecule has 2 unspecified atom stereocenters. The molecule has 14 heavy (non-hydrogen) atoms. The SMILES string of the molecule is CC1CC(c2c[nH]c3ccccc23)N1. The molecule has 1 saturated heterocycles. The number of rotatable bonds is 1. The molecule has 2 aromatic rings. The fraction of sp³-hybridized carbons (Fsp3) is 0.333. The highest BCUT2D eigenvalue weighted by atomic mass is 15.0. The number of hydrogen-bond acceptors (Lipinski definition) is 1. The van der Waals surface area contributed by atoms with Gasteiger partial charge in [-0.15, -0.1) is 0 Å². The predicted molar refractivity (Wildman–Crippen MR) is 58.3 cm³/mol. The van der Waals surface area contributed by atoms with Crippen molar-refractivity contribution < 1.29 is 0 Å². The molecule has 0 aliphatic carbocycles. The number of para-hydroxylation sites is 1. The average molecular weight is 186 g/mol. The van der Waals surface area contributed by atoms with Gasteiger partial charge in [-0.1, -0.05) is 18.2 Å². The van der Waals surface area contributed by atoms with Gasteiger partial charge in [0.25, 0.3) is 0 Å². The van der Waals surface area contributed by atoms with E-state index in [1.807, 2.05) is 0 Å². The van der Waals surface area contributed by atoms with Crippen LogP contribution in [0.25, 0.3) is 10.9 Å². The maximum absolute atomic E-state index is 3.52. The van der Waals surface area contributed by atoms with Crippen molar-refractivity contribution in [3.05, 3.63) is 36.0 Å². The summed E-state index contributed by atoms with van der Waals surface area (Å²) >= 11 is 0. The Kier molecular flexibility index (Phi) is 1.64. The first-order valence-electron chi connectivity index (χ1n) is 5.16. The number of benzene rings is 1. The topological polar surface area (TPSA) is 27.8 Å². The Morgan fingerprint density at radius 2 is 2.07 bits per heavy atom. The second kappa shape index (κ2) is 2.85. The highest BCUT2D eigenvalue weighted by Gasteiger charge is 2.27. The molecule has 1 aromatic carbocycles. The van der Waals surface area contributed by atoms with Gasteiger partial charge in [-0.05, 0) is 25.0 Å². The van der Waals surface area contributed by atoms with E-state index in [-0.39, 0.29) is 0 Å². The van der Waals surface area contributed by atoms with E-state index >= 15 is 0 Å². The van der Waals surface area contributed by atoms with Crippen molar-refractivity contribution in [3.63, 3.8) is 0 Å². The molecular formula is C12H14N2. The molecule has 0 saturated carbocycles. The third-order valence-electron chi connectivity index (χ3n) is 3.07. The molecule has 2 heteroatoms. The van der Waals surface area contributed by atoms with Gasteiger partial charge in [0, 0.05) is 29.2 Å². The molecule has 2 atom stereocenters. The Hall–Kier alpha value is -1.28. The van der Waals surface area contributed by atoms with Crippen molar-refractivity contribution in [1.29, 1.82) is 0 Å². The molecular weight excluding hydrogens is 172 g/mol. The maximum Gasteiger partial charge on any atom is 0.0457 e. The van der Waals surface area contributed by atoms with Crippen molar-refractivity contribution in [2.75, 3.05) is 0 Å². The number of aromatic nitrogens is 1. The maximum atomic E-state index is 3.52. The van der Waals surface area contributed by atoms with E-state index in [1.54, 1.807) is 0 Å². The molecule has 0 bridgehead atoms. The van der Waals surface area contributed by atoms with Crippen LogP contribution in [0.15, 0.2) is 30.5 Å². The fourth-order valence-electron chi connectivity index (χ4n) is 2.27. The van der Waals surface area contributed by atoms with Gasteiger partial charge in [-0.3, -0.25) is 0 Å². The van der Waals surface area contributed by atoms with Crippen LogP contribution in [0.2, 0.25) is 0 Å². The molecule has 1 aliphatic heterocycles. The van der Waals surface area contributed by atoms with Gasteiger partial charge in [0.2, 0.25) is 0 Å². The van der Waals surface area contributed by atoms with Crippen LogP contribution in [0, 0.1) is 0 Å². The normalized spacial score (nSPS) is 26.4. The Morgan fingerprint density at radius 3 is 2.86 bits per heavy atom. The summed E-state index contributed by atoms with van der Waals surface area (Å²) in [6.07, 6.45) is 3.38. The van der Waals surface area contributed by atoms with Gasteiger partial charge in [0.05, 0.1) is 0 Å². The Morgan fingerprint density at radius 1 is 1.29 bits per heavy atom. The van der Waals surface area contributed by atoms with Crippen LogP contribution in [-0.4, -0.2) is 11.0 Å². The van der Waals surface area contributed by atoms with E-state index < -0.39 is 0 Å². The van der Waals surface area contributed by atoms with Gasteiger partial charge in [-0.25, -0.2) is 0 Å². The summed E-state index contributed by atoms with van der Waals surface area (Å²) in [5.41, 5.74) is 2.66. The zero-order valence-electron chi connectivity index (χ0n) is 8.25. The molecule has 1 fully saturated rings. The second-order valence-electron chi connectivity index (χ2n) is 4.15. The first kappa shape index (κ1) is 8.06. The summed E-state index contributed by atoms with van der Waals surface area (Å²) in [5, 5.41) is 4.88. The Labute approximate surface area is 83.3 Å². The average Bonchev–Trinajstić information content (AvgIpc) is 2.56. The van der Waals surface area contributed by atoms with Gasteiger partial charge < -0.3 is 10.3 Å². The molecule has 3 rings (SSSR count). The van der Waals surface area contributed by atoms with Crippen molar-refractivity contribution in [1.82, 2.24) is 10.3 Å². The summed E-state index contributed by atoms with van der Waals surface area (Å²) in [7, 11) is 0. The lowest BCUT2D eigenvalue weighted by molar-refractivity contribution is 0.289. The smallest absolute Gasteiger partial charge is 0.0457 e. The van der Waals surface area contributed by atoms with Crippen molar-refractivity contribution in [2.45, 2.75) is 25.4 Å². The van der Waals surface area contributed by atoms with Crippen LogP contribution in [0.4, 0.5) is 0 Å². The highest BCUT2D eigenvalue weighted by molar-refractivity contribution is 5.83. The zero-order chi connectivity index (χ0) is 9.54. The fourth-order valence-corrected chi connectivity index (χ4v) is 2.27. The Balaban J connectivity index is 2.05. The van der Waals surface area contributed by atoms with Crippen molar-refractivity contribution in [3.8, 4) is 0 Å². The molecule has 0 spiro atoms. The molecule has 1 aromatic heterocycles. The van der Waals surface area contributed by atoms with Crippen LogP contribution in [0.5, 0.6) is 0 Å². The molecule has 72 valence electrons. The van der Waals surface area contributed by atoms with Gasteiger partial charge in [-0.2, -0.15) is 0 Å². The molecule has 1 aliphatic rings. The van der Waals surface area contributed by atoms with Crippen molar-refractivity contribution >= 4 is 10.9 Å². The molecule has 2 nitrogen and oxygen atoms in total. The lowest BCUT2D eigenvalue weighted by Crippen LogP contribution is -2.43. The molecule has 0 amide bonds. The number of aromatic amines is 1. The van der Waals surface area contributed by atoms with Crippen LogP contribution < -0.4 is 5.32 Å². The first-order chi connectivity index (χ1) is 6.84. The van der Waals surface area contributed by atoms with Crippen LogP contribution in [-0.2, 0) is 0 Å². The van der Waals surface area contributed by atoms with E-state index in [2.05, 4.69) is 47.7 Å². The number of fused-ring (bicyclic) bond motifs is 1. The van der Waals surface area contributed by atoms with Crippen LogP contribution >= 0.6 is 0 Å². The number of hydrogen-bond donors (Lipinski definition) is 2. The van der Waals surface area contributed by atoms with Gasteiger partial charge >= 0.3 is 0 Å². The highest BCUT2D eigenvalue weighted by Crippen LogP contribution is 2.32. The minimum absolute atomic E-state index is 0.557. The van der Waals surface area contributed by atoms with E-state index in [0.717, 1.165) is 0 Å². The lowest BCUT2D eigenvalue weighted by atomic mass is 9.92. The Bertz CT molecular complexity index is 452. The summed E-state index contributed by atoms with van der Waals surface area (Å²) < 4.78 is 0. The van der Waals surface area contributed by atoms with E-state index in [9.17, 15) is 0 Å². The van der Waals surface area contributed by atoms with E-state index in [1.165, 1.54) is 22.9 Å². The van der Waals surface area contributed by atoms with E-state index in [4.69, 9.17) is 0 Å². The minimum Gasteiger partial charge on any atom is -0.361 e. The van der Waals surface area contributed by atoms with Gasteiger partial charge in [0.15, 0.2) is 0 Å². The standard InChI is InChI=1S/C12H14N2/c1-8-6-12(14-8)10-7-13-11-5-3-2-4-9(10)11/h2-5,7-8,12-14H,6H2,1H3. The quantitative estimate of drug-likeness (QED) is 0.704. The van der Waals surface area contributed by atoms with Gasteiger partial charge in [0.1, 0.15) is 0 Å². The molecule has 2 heterocycles. The summed E-state index contributed by atoms with van der Waals surface area (Å²) in [6.45, 7) is 2.23. The van der Waals surface area contributed by atoms with Crippen LogP contribution in [0.3, 0.4) is 0 Å². The monoisotopic (exact) mass is 186 g/mol. The summed E-state index contributed by atoms with van der Waals surface area (Å²) in [5.74, 6) is 0. The minimum atomic E-state index is 0.557. The van der Waals surface area contributed by atoms with Crippen molar-refractivity contribution in [2.24, 2.45) is 0 Å². The first-order valence-corrected chi connectivity index (χ1v) is 5.16.